The van der Waals surface area contributed by atoms with Crippen molar-refractivity contribution in [2.75, 3.05) is 51.8 Å². The minimum absolute atomic E-state index is 0.0877. The summed E-state index contributed by atoms with van der Waals surface area (Å²) in [7, 11) is 3.44. The first kappa shape index (κ1) is 23.8. The Kier molecular flexibility index (Phi) is 6.49. The number of methoxy groups -OCH3 is 2. The molecule has 0 aliphatic carbocycles. The van der Waals surface area contributed by atoms with Gasteiger partial charge in [0.15, 0.2) is 0 Å². The predicted octanol–water partition coefficient (Wildman–Crippen LogP) is 4.88. The number of ether oxygens (including phenoxy) is 2. The van der Waals surface area contributed by atoms with Gasteiger partial charge in [-0.05, 0) is 60.0 Å². The van der Waals surface area contributed by atoms with Crippen LogP contribution in [0.5, 0.6) is 11.5 Å². The quantitative estimate of drug-likeness (QED) is 0.395. The molecule has 1 atom stereocenters. The first-order valence-electron chi connectivity index (χ1n) is 12.9. The second-order valence-corrected chi connectivity index (χ2v) is 9.85. The molecular weight excluding hydrogens is 467 g/mol. The fraction of sp³-hybridized carbons (Fsp3) is 0.333. The first-order chi connectivity index (χ1) is 18.1. The number of halogens is 1. The van der Waals surface area contributed by atoms with Crippen LogP contribution in [0.3, 0.4) is 0 Å². The number of nitrogens with zero attached hydrogens (tertiary/aromatic N) is 2. The van der Waals surface area contributed by atoms with E-state index >= 15 is 0 Å². The molecule has 6 rings (SSSR count). The number of hydrogen-bond acceptors (Lipinski definition) is 5. The van der Waals surface area contributed by atoms with Crippen molar-refractivity contribution in [2.24, 2.45) is 0 Å². The van der Waals surface area contributed by atoms with Gasteiger partial charge in [0.2, 0.25) is 0 Å². The van der Waals surface area contributed by atoms with Gasteiger partial charge in [0.25, 0.3) is 0 Å². The lowest BCUT2D eigenvalue weighted by Crippen LogP contribution is -2.46. The van der Waals surface area contributed by atoms with Crippen LogP contribution >= 0.6 is 0 Å². The number of aromatic amines is 1. The Morgan fingerprint density at radius 3 is 2.57 bits per heavy atom. The molecule has 37 heavy (non-hydrogen) atoms. The Balaban J connectivity index is 1.23. The molecule has 0 radical (unpaired) electrons. The minimum atomic E-state index is -0.153. The van der Waals surface area contributed by atoms with Crippen molar-refractivity contribution in [1.82, 2.24) is 15.2 Å². The molecule has 192 valence electrons. The van der Waals surface area contributed by atoms with Gasteiger partial charge in [-0.2, -0.15) is 0 Å². The maximum atomic E-state index is 14.3. The monoisotopic (exact) mass is 500 g/mol. The SMILES string of the molecule is COc1ccc2[nH]c3c(c2c1)CCN[C@@H]3c1ccc(OC)c(CN2CCN(c3ccccc3F)CC2)c1. The average molecular weight is 501 g/mol. The molecule has 7 heteroatoms. The topological polar surface area (TPSA) is 52.8 Å². The van der Waals surface area contributed by atoms with E-state index in [-0.39, 0.29) is 11.9 Å². The number of aromatic nitrogens is 1. The third-order valence-electron chi connectivity index (χ3n) is 7.76. The molecule has 6 nitrogen and oxygen atoms in total. The Bertz CT molecular complexity index is 1410. The molecule has 0 unspecified atom stereocenters. The Morgan fingerprint density at radius 1 is 0.946 bits per heavy atom. The lowest BCUT2D eigenvalue weighted by molar-refractivity contribution is 0.245. The van der Waals surface area contributed by atoms with Crippen molar-refractivity contribution in [3.63, 3.8) is 0 Å². The van der Waals surface area contributed by atoms with Gasteiger partial charge in [-0.1, -0.05) is 18.2 Å². The Hall–Kier alpha value is -3.55. The van der Waals surface area contributed by atoms with E-state index in [0.29, 0.717) is 5.69 Å². The van der Waals surface area contributed by atoms with Crippen molar-refractivity contribution in [2.45, 2.75) is 19.0 Å². The highest BCUT2D eigenvalue weighted by molar-refractivity contribution is 5.86. The number of fused-ring (bicyclic) bond motifs is 3. The summed E-state index contributed by atoms with van der Waals surface area (Å²) in [5.74, 6) is 1.63. The standard InChI is InChI=1S/C30H33FN4O2/c1-36-22-8-9-26-24(18-22)23-11-12-32-29(30(23)33-26)20-7-10-28(37-2)21(17-20)19-34-13-15-35(16-14-34)27-6-4-3-5-25(27)31/h3-10,17-18,29,32-33H,11-16,19H2,1-2H3/t29-/m1/s1. The number of rotatable bonds is 6. The van der Waals surface area contributed by atoms with E-state index in [2.05, 4.69) is 50.4 Å². The molecule has 1 fully saturated rings. The molecule has 0 bridgehead atoms. The first-order valence-corrected chi connectivity index (χ1v) is 12.9. The maximum absolute atomic E-state index is 14.3. The van der Waals surface area contributed by atoms with Gasteiger partial charge in [0.1, 0.15) is 17.3 Å². The number of H-pyrrole nitrogens is 1. The van der Waals surface area contributed by atoms with Crippen LogP contribution in [0.4, 0.5) is 10.1 Å². The Morgan fingerprint density at radius 2 is 1.78 bits per heavy atom. The van der Waals surface area contributed by atoms with E-state index in [0.717, 1.165) is 62.7 Å². The van der Waals surface area contributed by atoms with Gasteiger partial charge in [-0.15, -0.1) is 0 Å². The zero-order valence-corrected chi connectivity index (χ0v) is 21.4. The third-order valence-corrected chi connectivity index (χ3v) is 7.76. The number of hydrogen-bond donors (Lipinski definition) is 2. The van der Waals surface area contributed by atoms with E-state index in [1.807, 2.05) is 18.2 Å². The van der Waals surface area contributed by atoms with E-state index in [4.69, 9.17) is 9.47 Å². The predicted molar refractivity (Wildman–Crippen MR) is 145 cm³/mol. The molecular formula is C30H33FN4O2. The number of piperazine rings is 1. The summed E-state index contributed by atoms with van der Waals surface area (Å²) in [6.45, 7) is 5.06. The van der Waals surface area contributed by atoms with Gasteiger partial charge in [0, 0.05) is 61.4 Å². The molecule has 0 spiro atoms. The molecule has 0 saturated carbocycles. The normalized spacial score (nSPS) is 18.1. The van der Waals surface area contributed by atoms with E-state index in [9.17, 15) is 4.39 Å². The summed E-state index contributed by atoms with van der Waals surface area (Å²) in [6.07, 6.45) is 0.980. The molecule has 1 saturated heterocycles. The van der Waals surface area contributed by atoms with Gasteiger partial charge >= 0.3 is 0 Å². The second-order valence-electron chi connectivity index (χ2n) is 9.85. The van der Waals surface area contributed by atoms with Crippen LogP contribution in [0.1, 0.15) is 28.4 Å². The maximum Gasteiger partial charge on any atom is 0.146 e. The largest absolute Gasteiger partial charge is 0.497 e. The number of benzene rings is 3. The lowest BCUT2D eigenvalue weighted by atomic mass is 9.93. The minimum Gasteiger partial charge on any atom is -0.497 e. The summed E-state index contributed by atoms with van der Waals surface area (Å²) in [5.41, 5.74) is 6.81. The van der Waals surface area contributed by atoms with Crippen molar-refractivity contribution >= 4 is 16.6 Å². The van der Waals surface area contributed by atoms with Gasteiger partial charge in [-0.3, -0.25) is 4.90 Å². The molecule has 2 aliphatic rings. The summed E-state index contributed by atoms with van der Waals surface area (Å²) < 4.78 is 25.5. The van der Waals surface area contributed by atoms with Crippen molar-refractivity contribution < 1.29 is 13.9 Å². The van der Waals surface area contributed by atoms with Gasteiger partial charge < -0.3 is 24.7 Å². The lowest BCUT2D eigenvalue weighted by Gasteiger charge is -2.36. The smallest absolute Gasteiger partial charge is 0.146 e. The van der Waals surface area contributed by atoms with Crippen LogP contribution < -0.4 is 19.7 Å². The summed E-state index contributed by atoms with van der Waals surface area (Å²) in [5, 5.41) is 4.96. The molecule has 3 heterocycles. The van der Waals surface area contributed by atoms with Crippen LogP contribution in [0.2, 0.25) is 0 Å². The number of anilines is 1. The van der Waals surface area contributed by atoms with Crippen LogP contribution in [0, 0.1) is 5.82 Å². The fourth-order valence-corrected chi connectivity index (χ4v) is 5.82. The molecule has 2 N–H and O–H groups in total. The summed E-state index contributed by atoms with van der Waals surface area (Å²) in [4.78, 5) is 8.24. The van der Waals surface area contributed by atoms with Crippen LogP contribution in [0.15, 0.2) is 60.7 Å². The zero-order chi connectivity index (χ0) is 25.4. The molecule has 1 aromatic heterocycles. The second kappa shape index (κ2) is 10.1. The highest BCUT2D eigenvalue weighted by Gasteiger charge is 2.27. The molecule has 2 aliphatic heterocycles. The van der Waals surface area contributed by atoms with Crippen molar-refractivity contribution in [3.8, 4) is 11.5 Å². The zero-order valence-electron chi connectivity index (χ0n) is 21.4. The van der Waals surface area contributed by atoms with Gasteiger partial charge in [-0.25, -0.2) is 4.39 Å². The van der Waals surface area contributed by atoms with Crippen LogP contribution in [-0.2, 0) is 13.0 Å². The molecule has 3 aromatic carbocycles. The van der Waals surface area contributed by atoms with Crippen molar-refractivity contribution in [3.05, 3.63) is 88.9 Å². The average Bonchev–Trinajstić information content (AvgIpc) is 3.32. The fourth-order valence-electron chi connectivity index (χ4n) is 5.82. The highest BCUT2D eigenvalue weighted by Crippen LogP contribution is 2.36. The van der Waals surface area contributed by atoms with E-state index < -0.39 is 0 Å². The molecule has 0 amide bonds. The van der Waals surface area contributed by atoms with E-state index in [1.54, 1.807) is 20.3 Å². The number of nitrogens with one attached hydrogen (secondary N) is 2. The van der Waals surface area contributed by atoms with Crippen molar-refractivity contribution in [1.29, 1.82) is 0 Å². The summed E-state index contributed by atoms with van der Waals surface area (Å²) in [6, 6.07) is 19.9. The van der Waals surface area contributed by atoms with Crippen LogP contribution in [-0.4, -0.2) is 56.8 Å². The van der Waals surface area contributed by atoms with E-state index in [1.165, 1.54) is 33.8 Å². The highest BCUT2D eigenvalue weighted by atomic mass is 19.1. The van der Waals surface area contributed by atoms with Crippen LogP contribution in [0.25, 0.3) is 10.9 Å². The third kappa shape index (κ3) is 4.54. The number of para-hydroxylation sites is 1. The van der Waals surface area contributed by atoms with Gasteiger partial charge in [0.05, 0.1) is 25.9 Å². The Labute approximate surface area is 217 Å². The summed E-state index contributed by atoms with van der Waals surface area (Å²) >= 11 is 0. The molecule has 4 aromatic rings.